The van der Waals surface area contributed by atoms with Gasteiger partial charge in [0.25, 0.3) is 0 Å². The van der Waals surface area contributed by atoms with E-state index in [-0.39, 0.29) is 21.7 Å². The molecule has 1 aliphatic rings. The first-order valence-electron chi connectivity index (χ1n) is 31.0. The van der Waals surface area contributed by atoms with Crippen molar-refractivity contribution in [3.63, 3.8) is 0 Å². The second-order valence-corrected chi connectivity index (χ2v) is 28.5. The molecule has 13 aromatic carbocycles. The Morgan fingerprint density at radius 2 is 0.547 bits per heavy atom. The maximum atomic E-state index is 2.59. The summed E-state index contributed by atoms with van der Waals surface area (Å²) in [6.07, 6.45) is 0. The first-order chi connectivity index (χ1) is 41.2. The summed E-state index contributed by atoms with van der Waals surface area (Å²) in [5.74, 6) is 0. The van der Waals surface area contributed by atoms with E-state index in [4.69, 9.17) is 0 Å². The highest BCUT2D eigenvalue weighted by atomic mass is 14.4. The first kappa shape index (κ1) is 54.8. The molecule has 0 radical (unpaired) electrons. The van der Waals surface area contributed by atoms with Crippen molar-refractivity contribution in [1.82, 2.24) is 0 Å². The second kappa shape index (κ2) is 20.3. The predicted molar refractivity (Wildman–Crippen MR) is 374 cm³/mol. The molecule has 14 rings (SSSR count). The van der Waals surface area contributed by atoms with Crippen molar-refractivity contribution in [2.24, 2.45) is 0 Å². The summed E-state index contributed by atoms with van der Waals surface area (Å²) >= 11 is 0. The molecular formula is C86H76. The molecule has 0 heteroatoms. The zero-order chi connectivity index (χ0) is 59.6. The minimum absolute atomic E-state index is 0.0711. The first-order valence-corrected chi connectivity index (χ1v) is 31.0. The molecule has 13 aromatic rings. The Morgan fingerprint density at radius 3 is 0.953 bits per heavy atom. The summed E-state index contributed by atoms with van der Waals surface area (Å²) in [6, 6.07) is 93.0. The monoisotopic (exact) mass is 1110 g/mol. The summed E-state index contributed by atoms with van der Waals surface area (Å²) in [7, 11) is 0. The molecule has 0 nitrogen and oxygen atoms in total. The smallest absolute Gasteiger partial charge is 0.000719 e. The lowest BCUT2D eigenvalue weighted by atomic mass is 9.77. The number of hydrogen-bond acceptors (Lipinski definition) is 0. The van der Waals surface area contributed by atoms with Crippen LogP contribution in [0.1, 0.15) is 105 Å². The minimum Gasteiger partial charge on any atom is -0.0622 e. The molecule has 0 unspecified atom stereocenters. The molecule has 420 valence electrons. The van der Waals surface area contributed by atoms with Gasteiger partial charge in [-0.1, -0.05) is 301 Å². The van der Waals surface area contributed by atoms with E-state index in [2.05, 4.69) is 326 Å². The van der Waals surface area contributed by atoms with Gasteiger partial charge in [0.2, 0.25) is 0 Å². The van der Waals surface area contributed by atoms with Crippen LogP contribution in [-0.2, 0) is 21.7 Å². The summed E-state index contributed by atoms with van der Waals surface area (Å²) in [5.41, 5.74) is 27.5. The molecule has 0 bridgehead atoms. The van der Waals surface area contributed by atoms with Crippen LogP contribution >= 0.6 is 0 Å². The molecule has 0 saturated carbocycles. The molecule has 0 N–H and O–H groups in total. The Bertz CT molecular complexity index is 4760. The van der Waals surface area contributed by atoms with E-state index in [1.807, 2.05) is 0 Å². The highest BCUT2D eigenvalue weighted by Crippen LogP contribution is 2.60. The third kappa shape index (κ3) is 9.28. The lowest BCUT2D eigenvalue weighted by molar-refractivity contribution is 0.568. The molecule has 0 heterocycles. The molecule has 86 heavy (non-hydrogen) atoms. The van der Waals surface area contributed by atoms with Crippen LogP contribution in [0.2, 0.25) is 0 Å². The lowest BCUT2D eigenvalue weighted by Crippen LogP contribution is -2.16. The van der Waals surface area contributed by atoms with Gasteiger partial charge in [0.05, 0.1) is 0 Å². The van der Waals surface area contributed by atoms with Gasteiger partial charge in [0, 0.05) is 0 Å². The van der Waals surface area contributed by atoms with E-state index in [0.29, 0.717) is 0 Å². The summed E-state index contributed by atoms with van der Waals surface area (Å²) < 4.78 is 0. The Morgan fingerprint density at radius 1 is 0.186 bits per heavy atom. The fraction of sp³-hybridized carbons (Fsp3) is 0.186. The topological polar surface area (TPSA) is 0 Å². The van der Waals surface area contributed by atoms with Crippen LogP contribution in [-0.4, -0.2) is 0 Å². The Kier molecular flexibility index (Phi) is 12.9. The maximum absolute atomic E-state index is 2.59. The van der Waals surface area contributed by atoms with Crippen molar-refractivity contribution < 1.29 is 0 Å². The second-order valence-electron chi connectivity index (χ2n) is 28.5. The van der Waals surface area contributed by atoms with Crippen LogP contribution in [0.25, 0.3) is 143 Å². The highest BCUT2D eigenvalue weighted by molar-refractivity contribution is 6.34. The van der Waals surface area contributed by atoms with Crippen LogP contribution in [0.5, 0.6) is 0 Å². The molecule has 0 atom stereocenters. The van der Waals surface area contributed by atoms with Gasteiger partial charge >= 0.3 is 0 Å². The van der Waals surface area contributed by atoms with Crippen LogP contribution in [0, 0.1) is 0 Å². The number of benzene rings is 13. The Balaban J connectivity index is 1.21. The summed E-state index contributed by atoms with van der Waals surface area (Å²) in [5, 5.41) is 10.1. The van der Waals surface area contributed by atoms with Crippen LogP contribution in [0.4, 0.5) is 0 Å². The fourth-order valence-corrected chi connectivity index (χ4v) is 13.9. The van der Waals surface area contributed by atoms with Crippen molar-refractivity contribution in [2.45, 2.75) is 105 Å². The van der Waals surface area contributed by atoms with E-state index in [0.717, 1.165) is 0 Å². The zero-order valence-electron chi connectivity index (χ0n) is 52.1. The molecule has 0 spiro atoms. The predicted octanol–water partition coefficient (Wildman–Crippen LogP) is 24.8. The lowest BCUT2D eigenvalue weighted by Gasteiger charge is -2.27. The largest absolute Gasteiger partial charge is 0.0622 e. The quantitative estimate of drug-likeness (QED) is 0.110. The van der Waals surface area contributed by atoms with Gasteiger partial charge < -0.3 is 0 Å². The van der Waals surface area contributed by atoms with Gasteiger partial charge in [0.1, 0.15) is 0 Å². The van der Waals surface area contributed by atoms with Crippen LogP contribution < -0.4 is 0 Å². The SMILES string of the molecule is CC(C)(C)c1cc(-c2ccc3c4c2-c2cc5cc6c(-c7ccccc7)c(-c7ccccc7)c(-c7ccccc7)c(-c7ccccc7)c6cc5cc2-c4c(-c2cc(C(C)(C)C)cc(C(C)(C)C)c2)c2cccc(-c4ccccc4)c23)cc(C(C)(C)C)c1. The normalized spacial score (nSPS) is 12.7. The zero-order valence-corrected chi connectivity index (χ0v) is 52.1. The van der Waals surface area contributed by atoms with E-state index < -0.39 is 0 Å². The molecule has 0 fully saturated rings. The fourth-order valence-electron chi connectivity index (χ4n) is 13.9. The van der Waals surface area contributed by atoms with Crippen molar-refractivity contribution >= 4 is 43.1 Å². The van der Waals surface area contributed by atoms with E-state index in [9.17, 15) is 0 Å². The van der Waals surface area contributed by atoms with Crippen molar-refractivity contribution in [1.29, 1.82) is 0 Å². The summed E-state index contributed by atoms with van der Waals surface area (Å²) in [6.45, 7) is 28.4. The Labute approximate surface area is 509 Å². The van der Waals surface area contributed by atoms with E-state index >= 15 is 0 Å². The van der Waals surface area contributed by atoms with Crippen LogP contribution in [0.3, 0.4) is 0 Å². The maximum Gasteiger partial charge on any atom is -0.000719 e. The van der Waals surface area contributed by atoms with Gasteiger partial charge in [-0.25, -0.2) is 0 Å². The average Bonchev–Trinajstić information content (AvgIpc) is 1.45. The number of rotatable bonds is 7. The van der Waals surface area contributed by atoms with Gasteiger partial charge in [-0.2, -0.15) is 0 Å². The van der Waals surface area contributed by atoms with Crippen molar-refractivity contribution in [2.75, 3.05) is 0 Å². The number of fused-ring (bicyclic) bond motifs is 7. The molecule has 0 amide bonds. The van der Waals surface area contributed by atoms with Gasteiger partial charge in [0.15, 0.2) is 0 Å². The molecule has 0 aliphatic heterocycles. The Hall–Kier alpha value is -9.10. The summed E-state index contributed by atoms with van der Waals surface area (Å²) in [4.78, 5) is 0. The van der Waals surface area contributed by atoms with Crippen molar-refractivity contribution in [3.05, 3.63) is 265 Å². The van der Waals surface area contributed by atoms with Crippen molar-refractivity contribution in [3.8, 4) is 100 Å². The standard InChI is InChI=1S/C86H76/c1-83(2,3)62-43-60(44-63(51-62)84(4,5)6)67-41-42-69-79-66(53-29-18-13-19-30-53)39-28-40-68(79)76(61-45-64(85(7,8)9)52-65(46-61)86(10,11)12)82-73-50-59-48-71-70(47-58(59)49-72(73)80(67)81(69)82)74(54-31-20-14-21-32-54)77(56-35-24-16-25-36-56)78(57-37-26-17-27-38-57)75(71)55-33-22-15-23-34-55/h13-52H,1-12H3. The third-order valence-corrected chi connectivity index (χ3v) is 18.5. The highest BCUT2D eigenvalue weighted by Gasteiger charge is 2.34. The van der Waals surface area contributed by atoms with E-state index in [1.165, 1.54) is 165 Å². The average molecular weight is 1110 g/mol. The molecular weight excluding hydrogens is 1030 g/mol. The van der Waals surface area contributed by atoms with Crippen LogP contribution in [0.15, 0.2) is 243 Å². The molecule has 1 aliphatic carbocycles. The molecule has 0 saturated heterocycles. The molecule has 0 aromatic heterocycles. The van der Waals surface area contributed by atoms with Gasteiger partial charge in [-0.3, -0.25) is 0 Å². The van der Waals surface area contributed by atoms with Gasteiger partial charge in [-0.05, 0) is 211 Å². The van der Waals surface area contributed by atoms with E-state index in [1.54, 1.807) is 0 Å². The number of hydrogen-bond donors (Lipinski definition) is 0. The minimum atomic E-state index is -0.0947. The van der Waals surface area contributed by atoms with Gasteiger partial charge in [-0.15, -0.1) is 0 Å². The third-order valence-electron chi connectivity index (χ3n) is 18.5.